The largest absolute Gasteiger partial charge is 0.497 e. The van der Waals surface area contributed by atoms with E-state index in [1.807, 2.05) is 36.4 Å². The molecule has 2 aromatic carbocycles. The van der Waals surface area contributed by atoms with Gasteiger partial charge in [0.2, 0.25) is 0 Å². The Labute approximate surface area is 139 Å². The summed E-state index contributed by atoms with van der Waals surface area (Å²) in [5, 5.41) is 0.363. The van der Waals surface area contributed by atoms with Crippen LogP contribution >= 0.6 is 55.1 Å². The van der Waals surface area contributed by atoms with Gasteiger partial charge in [0, 0.05) is 14.0 Å². The van der Waals surface area contributed by atoms with E-state index in [1.165, 1.54) is 0 Å². The van der Waals surface area contributed by atoms with Gasteiger partial charge in [-0.3, -0.25) is 0 Å². The molecule has 0 spiro atoms. The Morgan fingerprint density at radius 2 is 1.74 bits per heavy atom. The number of hydrogen-bond donors (Lipinski definition) is 0. The fourth-order valence-electron chi connectivity index (χ4n) is 1.72. The summed E-state index contributed by atoms with van der Waals surface area (Å²) < 4.78 is 7.01. The number of halogens is 4. The van der Waals surface area contributed by atoms with Crippen LogP contribution in [0.25, 0.3) is 0 Å². The van der Waals surface area contributed by atoms with Crippen molar-refractivity contribution in [2.75, 3.05) is 7.11 Å². The maximum atomic E-state index is 6.55. The second kappa shape index (κ2) is 6.49. The van der Waals surface area contributed by atoms with Crippen molar-refractivity contribution >= 4 is 55.1 Å². The highest BCUT2D eigenvalue weighted by atomic mass is 79.9. The van der Waals surface area contributed by atoms with Gasteiger partial charge in [-0.25, -0.2) is 0 Å². The zero-order valence-electron chi connectivity index (χ0n) is 9.96. The highest BCUT2D eigenvalue weighted by molar-refractivity contribution is 9.10. The van der Waals surface area contributed by atoms with Crippen LogP contribution < -0.4 is 4.74 Å². The molecule has 0 radical (unpaired) electrons. The summed E-state index contributed by atoms with van der Waals surface area (Å²) >= 11 is 19.6. The molecule has 2 rings (SSSR count). The molecule has 0 N–H and O–H groups in total. The molecule has 0 fully saturated rings. The van der Waals surface area contributed by atoms with Crippen molar-refractivity contribution < 1.29 is 4.74 Å². The fourth-order valence-corrected chi connectivity index (χ4v) is 3.59. The van der Waals surface area contributed by atoms with Gasteiger partial charge in [0.1, 0.15) is 5.75 Å². The smallest absolute Gasteiger partial charge is 0.120 e. The fraction of sp³-hybridized carbons (Fsp3) is 0.143. The first kappa shape index (κ1) is 15.2. The van der Waals surface area contributed by atoms with Crippen LogP contribution in [0.15, 0.2) is 45.3 Å². The van der Waals surface area contributed by atoms with Crippen molar-refractivity contribution in [1.29, 1.82) is 0 Å². The van der Waals surface area contributed by atoms with Crippen LogP contribution in [0.1, 0.15) is 16.5 Å². The molecule has 0 aromatic heterocycles. The van der Waals surface area contributed by atoms with Gasteiger partial charge in [-0.1, -0.05) is 49.5 Å². The minimum atomic E-state index is -0.298. The Morgan fingerprint density at radius 1 is 1.00 bits per heavy atom. The van der Waals surface area contributed by atoms with E-state index in [9.17, 15) is 0 Å². The number of hydrogen-bond acceptors (Lipinski definition) is 1. The van der Waals surface area contributed by atoms with E-state index in [1.54, 1.807) is 7.11 Å². The van der Waals surface area contributed by atoms with E-state index in [2.05, 4.69) is 31.9 Å². The lowest BCUT2D eigenvalue weighted by molar-refractivity contribution is 0.414. The van der Waals surface area contributed by atoms with E-state index in [4.69, 9.17) is 27.9 Å². The quantitative estimate of drug-likeness (QED) is 0.533. The van der Waals surface area contributed by atoms with Crippen molar-refractivity contribution in [2.24, 2.45) is 0 Å². The van der Waals surface area contributed by atoms with Gasteiger partial charge in [0.25, 0.3) is 0 Å². The Balaban J connectivity index is 2.43. The standard InChI is InChI=1S/C14H10Br2Cl2O/c1-19-9-3-4-10(13(16)7-9)14(18)11-6-8(17)2-5-12(11)15/h2-7,14H,1H3. The van der Waals surface area contributed by atoms with E-state index in [0.717, 1.165) is 25.8 Å². The number of alkyl halides is 1. The van der Waals surface area contributed by atoms with E-state index in [0.29, 0.717) is 5.02 Å². The monoisotopic (exact) mass is 422 g/mol. The van der Waals surface area contributed by atoms with Crippen molar-refractivity contribution in [3.63, 3.8) is 0 Å². The normalized spacial score (nSPS) is 12.3. The second-order valence-electron chi connectivity index (χ2n) is 3.92. The van der Waals surface area contributed by atoms with Crippen molar-refractivity contribution in [2.45, 2.75) is 5.38 Å². The number of rotatable bonds is 3. The Bertz CT molecular complexity index is 602. The number of methoxy groups -OCH3 is 1. The topological polar surface area (TPSA) is 9.23 Å². The number of benzene rings is 2. The summed E-state index contributed by atoms with van der Waals surface area (Å²) in [7, 11) is 1.63. The van der Waals surface area contributed by atoms with Crippen LogP contribution in [-0.4, -0.2) is 7.11 Å². The third kappa shape index (κ3) is 3.46. The molecule has 5 heteroatoms. The van der Waals surface area contributed by atoms with Gasteiger partial charge < -0.3 is 4.74 Å². The van der Waals surface area contributed by atoms with Gasteiger partial charge in [0.15, 0.2) is 0 Å². The predicted molar refractivity (Wildman–Crippen MR) is 87.5 cm³/mol. The Kier molecular flexibility index (Phi) is 5.18. The third-order valence-electron chi connectivity index (χ3n) is 2.71. The van der Waals surface area contributed by atoms with Crippen LogP contribution in [0.3, 0.4) is 0 Å². The maximum absolute atomic E-state index is 6.55. The molecule has 0 saturated carbocycles. The molecule has 2 aromatic rings. The highest BCUT2D eigenvalue weighted by Crippen LogP contribution is 2.39. The first-order valence-corrected chi connectivity index (χ1v) is 7.85. The molecule has 100 valence electrons. The summed E-state index contributed by atoms with van der Waals surface area (Å²) in [6.07, 6.45) is 0. The third-order valence-corrected chi connectivity index (χ3v) is 4.83. The highest BCUT2D eigenvalue weighted by Gasteiger charge is 2.17. The predicted octanol–water partition coefficient (Wildman–Crippen LogP) is 6.20. The van der Waals surface area contributed by atoms with Gasteiger partial charge in [0.05, 0.1) is 12.5 Å². The second-order valence-corrected chi connectivity index (χ2v) is 6.50. The molecule has 0 bridgehead atoms. The molecule has 1 nitrogen and oxygen atoms in total. The lowest BCUT2D eigenvalue weighted by atomic mass is 10.0. The summed E-state index contributed by atoms with van der Waals surface area (Å²) in [6, 6.07) is 11.3. The molecule has 0 saturated heterocycles. The van der Waals surface area contributed by atoms with Crippen LogP contribution in [0.5, 0.6) is 5.75 Å². The van der Waals surface area contributed by atoms with E-state index < -0.39 is 0 Å². The van der Waals surface area contributed by atoms with Gasteiger partial charge in [-0.05, 0) is 41.5 Å². The minimum Gasteiger partial charge on any atom is -0.497 e. The zero-order chi connectivity index (χ0) is 14.0. The Morgan fingerprint density at radius 3 is 2.37 bits per heavy atom. The van der Waals surface area contributed by atoms with Gasteiger partial charge in [-0.2, -0.15) is 0 Å². The van der Waals surface area contributed by atoms with Gasteiger partial charge in [-0.15, -0.1) is 11.6 Å². The summed E-state index contributed by atoms with van der Waals surface area (Å²) in [5.74, 6) is 0.782. The molecule has 0 heterocycles. The molecule has 19 heavy (non-hydrogen) atoms. The van der Waals surface area contributed by atoms with Crippen LogP contribution in [0, 0.1) is 0 Å². The SMILES string of the molecule is COc1ccc(C(Cl)c2cc(Cl)ccc2Br)c(Br)c1. The summed E-state index contributed by atoms with van der Waals surface area (Å²) in [4.78, 5) is 0. The molecule has 0 aliphatic rings. The van der Waals surface area contributed by atoms with E-state index >= 15 is 0 Å². The Hall–Kier alpha value is -0.220. The molecule has 0 aliphatic carbocycles. The average Bonchev–Trinajstić information content (AvgIpc) is 2.40. The first-order chi connectivity index (χ1) is 9.02. The van der Waals surface area contributed by atoms with Crippen molar-refractivity contribution in [1.82, 2.24) is 0 Å². The van der Waals surface area contributed by atoms with Crippen LogP contribution in [0.4, 0.5) is 0 Å². The van der Waals surface area contributed by atoms with Crippen LogP contribution in [0.2, 0.25) is 5.02 Å². The molecule has 0 aliphatic heterocycles. The lowest BCUT2D eigenvalue weighted by Crippen LogP contribution is -1.96. The minimum absolute atomic E-state index is 0.298. The molecular formula is C14H10Br2Cl2O. The summed E-state index contributed by atoms with van der Waals surface area (Å²) in [6.45, 7) is 0. The van der Waals surface area contributed by atoms with Crippen molar-refractivity contribution in [3.8, 4) is 5.75 Å². The first-order valence-electron chi connectivity index (χ1n) is 5.45. The van der Waals surface area contributed by atoms with Crippen molar-refractivity contribution in [3.05, 3.63) is 61.5 Å². The molecule has 1 unspecified atom stereocenters. The van der Waals surface area contributed by atoms with Gasteiger partial charge >= 0.3 is 0 Å². The van der Waals surface area contributed by atoms with E-state index in [-0.39, 0.29) is 5.38 Å². The zero-order valence-corrected chi connectivity index (χ0v) is 14.6. The van der Waals surface area contributed by atoms with Crippen LogP contribution in [-0.2, 0) is 0 Å². The molecule has 0 amide bonds. The molecule has 1 atom stereocenters. The lowest BCUT2D eigenvalue weighted by Gasteiger charge is -2.15. The number of ether oxygens (including phenoxy) is 1. The summed E-state index contributed by atoms with van der Waals surface area (Å²) in [5.41, 5.74) is 1.89. The maximum Gasteiger partial charge on any atom is 0.120 e. The molecular weight excluding hydrogens is 415 g/mol. The average molecular weight is 425 g/mol.